The van der Waals surface area contributed by atoms with Crippen molar-refractivity contribution >= 4 is 41.1 Å². The van der Waals surface area contributed by atoms with Crippen LogP contribution in [0.3, 0.4) is 0 Å². The van der Waals surface area contributed by atoms with E-state index < -0.39 is 11.9 Å². The van der Waals surface area contributed by atoms with Gasteiger partial charge in [-0.1, -0.05) is 23.7 Å². The molecule has 2 fully saturated rings. The zero-order valence-electron chi connectivity index (χ0n) is 17.9. The van der Waals surface area contributed by atoms with Gasteiger partial charge in [-0.3, -0.25) is 19.7 Å². The Labute approximate surface area is 195 Å². The van der Waals surface area contributed by atoms with Gasteiger partial charge >= 0.3 is 0 Å². The van der Waals surface area contributed by atoms with Crippen molar-refractivity contribution in [3.63, 3.8) is 0 Å². The molecule has 3 N–H and O–H groups in total. The summed E-state index contributed by atoms with van der Waals surface area (Å²) in [5, 5.41) is 9.23. The van der Waals surface area contributed by atoms with Crippen molar-refractivity contribution in [1.29, 1.82) is 0 Å². The van der Waals surface area contributed by atoms with Crippen LogP contribution in [0.5, 0.6) is 0 Å². The molecule has 2 saturated heterocycles. The Morgan fingerprint density at radius 1 is 1.12 bits per heavy atom. The van der Waals surface area contributed by atoms with Gasteiger partial charge < -0.3 is 20.4 Å². The number of nitrogens with one attached hydrogen (secondary N) is 3. The van der Waals surface area contributed by atoms with Gasteiger partial charge in [0.15, 0.2) is 0 Å². The summed E-state index contributed by atoms with van der Waals surface area (Å²) in [6.07, 6.45) is 0.585. The minimum atomic E-state index is -0.618. The molecule has 1 aromatic carbocycles. The van der Waals surface area contributed by atoms with E-state index in [4.69, 9.17) is 11.6 Å². The molecule has 11 heteroatoms. The lowest BCUT2D eigenvalue weighted by Crippen LogP contribution is -2.52. The van der Waals surface area contributed by atoms with Gasteiger partial charge in [0.05, 0.1) is 0 Å². The van der Waals surface area contributed by atoms with Gasteiger partial charge in [-0.05, 0) is 23.6 Å². The molecule has 3 aliphatic rings. The summed E-state index contributed by atoms with van der Waals surface area (Å²) in [7, 11) is 0. The molecule has 4 heterocycles. The van der Waals surface area contributed by atoms with Crippen LogP contribution >= 0.6 is 11.6 Å². The van der Waals surface area contributed by atoms with E-state index in [-0.39, 0.29) is 18.2 Å². The second kappa shape index (κ2) is 8.95. The Morgan fingerprint density at radius 2 is 1.94 bits per heavy atom. The SMILES string of the molecule is O=C1CCC(N2Cc3cc(CNc4nc(Cl)cc(N5CCNCC5)n4)ccc3C2=O)C(=O)N1. The van der Waals surface area contributed by atoms with Crippen LogP contribution in [-0.2, 0) is 22.7 Å². The van der Waals surface area contributed by atoms with Crippen molar-refractivity contribution in [2.45, 2.75) is 32.0 Å². The zero-order chi connectivity index (χ0) is 22.9. The van der Waals surface area contributed by atoms with E-state index in [1.54, 1.807) is 17.0 Å². The van der Waals surface area contributed by atoms with Crippen LogP contribution in [0.15, 0.2) is 24.3 Å². The molecule has 1 unspecified atom stereocenters. The molecule has 5 rings (SSSR count). The number of fused-ring (bicyclic) bond motifs is 1. The average Bonchev–Trinajstić information content (AvgIpc) is 3.13. The number of carbonyl (C=O) groups is 3. The summed E-state index contributed by atoms with van der Waals surface area (Å²) in [4.78, 5) is 49.1. The van der Waals surface area contributed by atoms with Gasteiger partial charge in [0.25, 0.3) is 5.91 Å². The van der Waals surface area contributed by atoms with Gasteiger partial charge in [-0.2, -0.15) is 4.98 Å². The van der Waals surface area contributed by atoms with Crippen molar-refractivity contribution in [3.05, 3.63) is 46.1 Å². The fraction of sp³-hybridized carbons (Fsp3) is 0.409. The Hall–Kier alpha value is -3.24. The zero-order valence-corrected chi connectivity index (χ0v) is 18.7. The largest absolute Gasteiger partial charge is 0.354 e. The van der Waals surface area contributed by atoms with E-state index in [2.05, 4.69) is 30.8 Å². The molecule has 2 aromatic rings. The number of halogens is 1. The second-order valence-electron chi connectivity index (χ2n) is 8.35. The molecule has 0 spiro atoms. The molecule has 172 valence electrons. The molecule has 3 aliphatic heterocycles. The number of nitrogens with zero attached hydrogens (tertiary/aromatic N) is 4. The second-order valence-corrected chi connectivity index (χ2v) is 8.74. The van der Waals surface area contributed by atoms with Crippen LogP contribution in [-0.4, -0.2) is 64.8 Å². The molecular formula is C22H24ClN7O3. The maximum atomic E-state index is 12.8. The maximum Gasteiger partial charge on any atom is 0.255 e. The van der Waals surface area contributed by atoms with Crippen molar-refractivity contribution in [3.8, 4) is 0 Å². The lowest BCUT2D eigenvalue weighted by atomic mass is 10.0. The Kier molecular flexibility index (Phi) is 5.86. The summed E-state index contributed by atoms with van der Waals surface area (Å²) in [6.45, 7) is 4.31. The summed E-state index contributed by atoms with van der Waals surface area (Å²) < 4.78 is 0. The smallest absolute Gasteiger partial charge is 0.255 e. The number of hydrogen-bond acceptors (Lipinski definition) is 8. The molecule has 3 amide bonds. The number of piperidine rings is 1. The van der Waals surface area contributed by atoms with E-state index in [1.165, 1.54) is 0 Å². The number of anilines is 2. The van der Waals surface area contributed by atoms with Gasteiger partial charge in [0.1, 0.15) is 17.0 Å². The highest BCUT2D eigenvalue weighted by atomic mass is 35.5. The van der Waals surface area contributed by atoms with Crippen molar-refractivity contribution in [2.75, 3.05) is 36.4 Å². The average molecular weight is 470 g/mol. The minimum absolute atomic E-state index is 0.183. The minimum Gasteiger partial charge on any atom is -0.354 e. The van der Waals surface area contributed by atoms with E-state index in [0.29, 0.717) is 36.2 Å². The first kappa shape index (κ1) is 21.6. The number of benzene rings is 1. The molecule has 1 atom stereocenters. The molecule has 0 bridgehead atoms. The van der Waals surface area contributed by atoms with Gasteiger partial charge in [0.2, 0.25) is 17.8 Å². The summed E-state index contributed by atoms with van der Waals surface area (Å²) in [5.74, 6) is 0.346. The fourth-order valence-electron chi connectivity index (χ4n) is 4.46. The third kappa shape index (κ3) is 4.49. The van der Waals surface area contributed by atoms with Crippen LogP contribution in [0.1, 0.15) is 34.3 Å². The normalized spacial score (nSPS) is 20.6. The number of imide groups is 1. The van der Waals surface area contributed by atoms with Crippen LogP contribution in [0, 0.1) is 0 Å². The first-order chi connectivity index (χ1) is 16.0. The number of carbonyl (C=O) groups excluding carboxylic acids is 3. The van der Waals surface area contributed by atoms with Crippen LogP contribution in [0.25, 0.3) is 0 Å². The molecule has 0 aliphatic carbocycles. The van der Waals surface area contributed by atoms with Crippen LogP contribution in [0.2, 0.25) is 5.15 Å². The summed E-state index contributed by atoms with van der Waals surface area (Å²) >= 11 is 6.22. The van der Waals surface area contributed by atoms with E-state index in [9.17, 15) is 14.4 Å². The third-order valence-electron chi connectivity index (χ3n) is 6.16. The van der Waals surface area contributed by atoms with Crippen molar-refractivity contribution in [2.24, 2.45) is 0 Å². The summed E-state index contributed by atoms with van der Waals surface area (Å²) in [5.41, 5.74) is 2.40. The topological polar surface area (TPSA) is 120 Å². The molecule has 0 saturated carbocycles. The molecule has 10 nitrogen and oxygen atoms in total. The lowest BCUT2D eigenvalue weighted by Gasteiger charge is -2.29. The Balaban J connectivity index is 1.27. The van der Waals surface area contributed by atoms with Crippen LogP contribution in [0.4, 0.5) is 11.8 Å². The van der Waals surface area contributed by atoms with E-state index in [0.717, 1.165) is 43.1 Å². The van der Waals surface area contributed by atoms with Gasteiger partial charge in [-0.25, -0.2) is 4.98 Å². The predicted octanol–water partition coefficient (Wildman–Crippen LogP) is 0.913. The Morgan fingerprint density at radius 3 is 2.73 bits per heavy atom. The maximum absolute atomic E-state index is 12.8. The lowest BCUT2D eigenvalue weighted by molar-refractivity contribution is -0.136. The van der Waals surface area contributed by atoms with E-state index >= 15 is 0 Å². The highest BCUT2D eigenvalue weighted by Gasteiger charge is 2.39. The number of amides is 3. The monoisotopic (exact) mass is 469 g/mol. The van der Waals surface area contributed by atoms with Crippen LogP contribution < -0.4 is 20.9 Å². The highest BCUT2D eigenvalue weighted by molar-refractivity contribution is 6.29. The summed E-state index contributed by atoms with van der Waals surface area (Å²) in [6, 6.07) is 6.76. The third-order valence-corrected chi connectivity index (χ3v) is 6.35. The number of rotatable bonds is 5. The van der Waals surface area contributed by atoms with Crippen molar-refractivity contribution in [1.82, 2.24) is 25.5 Å². The molecule has 1 aromatic heterocycles. The van der Waals surface area contributed by atoms with E-state index in [1.807, 2.05) is 12.1 Å². The standard InChI is InChI=1S/C22H24ClN7O3/c23-17-10-18(29-7-5-24-6-8-29)27-22(26-17)25-11-13-1-2-15-14(9-13)12-30(21(15)33)16-3-4-19(31)28-20(16)32/h1-2,9-10,16,24H,3-8,11-12H2,(H,25,26,27)(H,28,31,32). The van der Waals surface area contributed by atoms with Crippen molar-refractivity contribution < 1.29 is 14.4 Å². The number of piperazine rings is 1. The number of aromatic nitrogens is 2. The first-order valence-electron chi connectivity index (χ1n) is 11.0. The molecule has 33 heavy (non-hydrogen) atoms. The van der Waals surface area contributed by atoms with Gasteiger partial charge in [0, 0.05) is 57.3 Å². The fourth-order valence-corrected chi connectivity index (χ4v) is 4.64. The predicted molar refractivity (Wildman–Crippen MR) is 122 cm³/mol. The Bertz CT molecular complexity index is 1120. The highest BCUT2D eigenvalue weighted by Crippen LogP contribution is 2.28. The molecule has 0 radical (unpaired) electrons. The molecular weight excluding hydrogens is 446 g/mol. The van der Waals surface area contributed by atoms with Gasteiger partial charge in [-0.15, -0.1) is 0 Å². The first-order valence-corrected chi connectivity index (χ1v) is 11.4. The number of hydrogen-bond donors (Lipinski definition) is 3. The quantitative estimate of drug-likeness (QED) is 0.436.